The molecule has 0 aromatic heterocycles. The van der Waals surface area contributed by atoms with E-state index in [4.69, 9.17) is 8.85 Å². The summed E-state index contributed by atoms with van der Waals surface area (Å²) in [4.78, 5) is 11.0. The van der Waals surface area contributed by atoms with Gasteiger partial charge in [0.15, 0.2) is 8.32 Å². The zero-order chi connectivity index (χ0) is 11.9. The van der Waals surface area contributed by atoms with E-state index in [1.165, 1.54) is 0 Å². The standard InChI is InChI=1S/C10H22O3Si2/c1-9(2)10(11)12-7-6-8-14-13-15(3,4)5/h1,6-8,14H2,2-5H3. The van der Waals surface area contributed by atoms with E-state index >= 15 is 0 Å². The maximum atomic E-state index is 11.0. The SMILES string of the molecule is C=C(C)C(=O)OCCC[SiH2]O[Si](C)(C)C. The number of hydrogen-bond acceptors (Lipinski definition) is 3. The van der Waals surface area contributed by atoms with E-state index in [9.17, 15) is 4.79 Å². The molecule has 0 spiro atoms. The van der Waals surface area contributed by atoms with Crippen molar-refractivity contribution in [3.63, 3.8) is 0 Å². The summed E-state index contributed by atoms with van der Waals surface area (Å²) in [6.07, 6.45) is 0.912. The van der Waals surface area contributed by atoms with Gasteiger partial charge in [-0.05, 0) is 39.0 Å². The van der Waals surface area contributed by atoms with Crippen molar-refractivity contribution < 1.29 is 13.6 Å². The summed E-state index contributed by atoms with van der Waals surface area (Å²) in [5.74, 6) is -0.289. The predicted molar refractivity (Wildman–Crippen MR) is 68.2 cm³/mol. The van der Waals surface area contributed by atoms with Gasteiger partial charge in [0, 0.05) is 5.57 Å². The topological polar surface area (TPSA) is 35.5 Å². The van der Waals surface area contributed by atoms with Crippen LogP contribution in [0.25, 0.3) is 0 Å². The smallest absolute Gasteiger partial charge is 0.333 e. The van der Waals surface area contributed by atoms with Crippen LogP contribution < -0.4 is 0 Å². The summed E-state index contributed by atoms with van der Waals surface area (Å²) >= 11 is 0. The monoisotopic (exact) mass is 246 g/mol. The summed E-state index contributed by atoms with van der Waals surface area (Å²) in [5, 5.41) is 0. The second-order valence-electron chi connectivity index (χ2n) is 4.58. The van der Waals surface area contributed by atoms with Crippen LogP contribution in [0.3, 0.4) is 0 Å². The van der Waals surface area contributed by atoms with Crippen LogP contribution in [0.1, 0.15) is 13.3 Å². The molecule has 0 aliphatic heterocycles. The summed E-state index contributed by atoms with van der Waals surface area (Å²) in [6.45, 7) is 12.3. The Morgan fingerprint density at radius 1 is 1.40 bits per heavy atom. The van der Waals surface area contributed by atoms with Gasteiger partial charge in [0.1, 0.15) is 9.76 Å². The molecule has 15 heavy (non-hydrogen) atoms. The fourth-order valence-electron chi connectivity index (χ4n) is 0.871. The molecule has 0 aliphatic rings. The molecule has 0 radical (unpaired) electrons. The zero-order valence-electron chi connectivity index (χ0n) is 10.3. The highest BCUT2D eigenvalue weighted by molar-refractivity contribution is 6.73. The molecule has 0 bridgehead atoms. The lowest BCUT2D eigenvalue weighted by molar-refractivity contribution is -0.138. The van der Waals surface area contributed by atoms with Crippen molar-refractivity contribution >= 4 is 24.0 Å². The number of rotatable bonds is 7. The molecule has 0 amide bonds. The molecule has 0 atom stereocenters. The van der Waals surface area contributed by atoms with E-state index in [0.717, 1.165) is 12.5 Å². The third-order valence-electron chi connectivity index (χ3n) is 1.66. The zero-order valence-corrected chi connectivity index (χ0v) is 12.7. The summed E-state index contributed by atoms with van der Waals surface area (Å²) < 4.78 is 10.8. The first-order valence-electron chi connectivity index (χ1n) is 5.29. The van der Waals surface area contributed by atoms with Crippen LogP contribution in [-0.4, -0.2) is 30.7 Å². The molecule has 0 unspecified atom stereocenters. The van der Waals surface area contributed by atoms with Crippen LogP contribution >= 0.6 is 0 Å². The van der Waals surface area contributed by atoms with Gasteiger partial charge < -0.3 is 8.85 Å². The van der Waals surface area contributed by atoms with Crippen molar-refractivity contribution in [2.75, 3.05) is 6.61 Å². The lowest BCUT2D eigenvalue weighted by Gasteiger charge is -2.17. The minimum atomic E-state index is -1.32. The largest absolute Gasteiger partial charge is 0.462 e. The van der Waals surface area contributed by atoms with Crippen molar-refractivity contribution in [3.8, 4) is 0 Å². The first-order valence-corrected chi connectivity index (χ1v) is 10.3. The fraction of sp³-hybridized carbons (Fsp3) is 0.700. The highest BCUT2D eigenvalue weighted by atomic mass is 28.4. The minimum absolute atomic E-state index is 0.289. The summed E-state index contributed by atoms with van der Waals surface area (Å²) in [7, 11) is -1.73. The average molecular weight is 246 g/mol. The average Bonchev–Trinajstić information content (AvgIpc) is 2.08. The normalized spacial score (nSPS) is 12.0. The molecule has 3 nitrogen and oxygen atoms in total. The van der Waals surface area contributed by atoms with Crippen LogP contribution in [0.5, 0.6) is 0 Å². The molecule has 0 saturated carbocycles. The van der Waals surface area contributed by atoms with E-state index in [0.29, 0.717) is 12.2 Å². The van der Waals surface area contributed by atoms with Gasteiger partial charge in [0.2, 0.25) is 0 Å². The van der Waals surface area contributed by atoms with Crippen molar-refractivity contribution in [2.45, 2.75) is 39.0 Å². The van der Waals surface area contributed by atoms with E-state index in [-0.39, 0.29) is 5.97 Å². The third-order valence-corrected chi connectivity index (χ3v) is 6.72. The van der Waals surface area contributed by atoms with Crippen molar-refractivity contribution in [2.24, 2.45) is 0 Å². The van der Waals surface area contributed by atoms with Gasteiger partial charge in [0.25, 0.3) is 0 Å². The van der Waals surface area contributed by atoms with E-state index < -0.39 is 18.1 Å². The second-order valence-corrected chi connectivity index (χ2v) is 11.1. The number of carbonyl (C=O) groups is 1. The van der Waals surface area contributed by atoms with Crippen LogP contribution in [-0.2, 0) is 13.6 Å². The first kappa shape index (κ1) is 14.6. The number of hydrogen-bond donors (Lipinski definition) is 0. The lowest BCUT2D eigenvalue weighted by Crippen LogP contribution is -2.27. The number of ether oxygens (including phenoxy) is 1. The van der Waals surface area contributed by atoms with Crippen LogP contribution in [0.15, 0.2) is 12.2 Å². The molecular weight excluding hydrogens is 224 g/mol. The van der Waals surface area contributed by atoms with Crippen molar-refractivity contribution in [1.82, 2.24) is 0 Å². The van der Waals surface area contributed by atoms with E-state index in [2.05, 4.69) is 26.2 Å². The Bertz CT molecular complexity index is 221. The Kier molecular flexibility index (Phi) is 6.79. The third kappa shape index (κ3) is 9.90. The predicted octanol–water partition coefficient (Wildman–Crippen LogP) is 1.85. The Balaban J connectivity index is 3.33. The lowest BCUT2D eigenvalue weighted by atomic mass is 10.4. The molecule has 0 aromatic rings. The Hall–Kier alpha value is -0.396. The molecule has 88 valence electrons. The number of carbonyl (C=O) groups excluding carboxylic acids is 1. The summed E-state index contributed by atoms with van der Waals surface area (Å²) in [6, 6.07) is 1.08. The molecule has 0 aliphatic carbocycles. The Labute approximate surface area is 95.9 Å². The molecular formula is C10H22O3Si2. The van der Waals surface area contributed by atoms with Crippen molar-refractivity contribution in [3.05, 3.63) is 12.2 Å². The maximum Gasteiger partial charge on any atom is 0.333 e. The van der Waals surface area contributed by atoms with Gasteiger partial charge >= 0.3 is 5.97 Å². The quantitative estimate of drug-likeness (QED) is 0.298. The van der Waals surface area contributed by atoms with Gasteiger partial charge in [-0.25, -0.2) is 4.79 Å². The van der Waals surface area contributed by atoms with Crippen LogP contribution in [0.2, 0.25) is 25.7 Å². The molecule has 0 heterocycles. The minimum Gasteiger partial charge on any atom is -0.462 e. The Morgan fingerprint density at radius 2 is 2.00 bits per heavy atom. The second kappa shape index (κ2) is 6.97. The Morgan fingerprint density at radius 3 is 2.47 bits per heavy atom. The molecule has 0 N–H and O–H groups in total. The maximum absolute atomic E-state index is 11.0. The van der Waals surface area contributed by atoms with Gasteiger partial charge in [-0.15, -0.1) is 0 Å². The van der Waals surface area contributed by atoms with Gasteiger partial charge in [-0.3, -0.25) is 0 Å². The number of esters is 1. The van der Waals surface area contributed by atoms with Gasteiger partial charge in [-0.1, -0.05) is 6.58 Å². The first-order chi connectivity index (χ1) is 6.83. The molecule has 0 saturated heterocycles. The molecule has 0 rings (SSSR count). The molecule has 0 aromatic carbocycles. The fourth-order valence-corrected chi connectivity index (χ4v) is 4.31. The highest BCUT2D eigenvalue weighted by Gasteiger charge is 2.12. The highest BCUT2D eigenvalue weighted by Crippen LogP contribution is 2.03. The van der Waals surface area contributed by atoms with Crippen LogP contribution in [0, 0.1) is 0 Å². The van der Waals surface area contributed by atoms with Crippen LogP contribution in [0.4, 0.5) is 0 Å². The van der Waals surface area contributed by atoms with Crippen molar-refractivity contribution in [1.29, 1.82) is 0 Å². The summed E-state index contributed by atoms with van der Waals surface area (Å²) in [5.41, 5.74) is 0.464. The molecule has 0 fully saturated rings. The van der Waals surface area contributed by atoms with E-state index in [1.54, 1.807) is 6.92 Å². The van der Waals surface area contributed by atoms with E-state index in [1.807, 2.05) is 0 Å². The molecule has 5 heteroatoms. The van der Waals surface area contributed by atoms with Gasteiger partial charge in [-0.2, -0.15) is 0 Å². The van der Waals surface area contributed by atoms with Gasteiger partial charge in [0.05, 0.1) is 6.61 Å².